The Kier molecular flexibility index (Phi) is 5.93. The van der Waals surface area contributed by atoms with Crippen LogP contribution in [-0.4, -0.2) is 22.7 Å². The predicted molar refractivity (Wildman–Crippen MR) is 98.2 cm³/mol. The molecule has 0 aliphatic carbocycles. The van der Waals surface area contributed by atoms with E-state index in [1.165, 1.54) is 30.3 Å². The molecule has 0 radical (unpaired) electrons. The third-order valence-electron chi connectivity index (χ3n) is 3.54. The van der Waals surface area contributed by atoms with E-state index >= 15 is 0 Å². The predicted octanol–water partition coefficient (Wildman–Crippen LogP) is 4.44. The molecule has 1 aromatic heterocycles. The Morgan fingerprint density at radius 1 is 1.26 bits per heavy atom. The number of benzene rings is 2. The Labute approximate surface area is 164 Å². The number of ether oxygens (including phenoxy) is 1. The normalized spacial score (nSPS) is 11.9. The summed E-state index contributed by atoms with van der Waals surface area (Å²) in [4.78, 5) is 16.3. The summed E-state index contributed by atoms with van der Waals surface area (Å²) in [5.41, 5.74) is 0.602. The van der Waals surface area contributed by atoms with Crippen LogP contribution in [-0.2, 0) is 4.79 Å². The largest absolute Gasteiger partial charge is 0.482 e. The SMILES string of the molecule is CC(NC(=O)COc1ccc(Cl)cc1Cl)c1nc(-c2ccc(F)cc2)no1. The number of nitrogens with zero attached hydrogens (tertiary/aromatic N) is 2. The number of amides is 1. The van der Waals surface area contributed by atoms with E-state index in [1.807, 2.05) is 0 Å². The quantitative estimate of drug-likeness (QED) is 0.650. The summed E-state index contributed by atoms with van der Waals surface area (Å²) in [6, 6.07) is 9.85. The summed E-state index contributed by atoms with van der Waals surface area (Å²) < 4.78 is 23.5. The van der Waals surface area contributed by atoms with Crippen LogP contribution in [0.1, 0.15) is 18.9 Å². The number of nitrogens with one attached hydrogen (secondary N) is 1. The molecule has 0 saturated heterocycles. The fourth-order valence-electron chi connectivity index (χ4n) is 2.21. The fourth-order valence-corrected chi connectivity index (χ4v) is 2.67. The molecule has 0 saturated carbocycles. The van der Waals surface area contributed by atoms with Gasteiger partial charge in [0.2, 0.25) is 11.7 Å². The van der Waals surface area contributed by atoms with Gasteiger partial charge in [-0.25, -0.2) is 4.39 Å². The molecule has 1 heterocycles. The minimum absolute atomic E-state index is 0.215. The summed E-state index contributed by atoms with van der Waals surface area (Å²) >= 11 is 11.8. The van der Waals surface area contributed by atoms with Crippen molar-refractivity contribution in [3.8, 4) is 17.1 Å². The van der Waals surface area contributed by atoms with Gasteiger partial charge in [0.15, 0.2) is 6.61 Å². The first kappa shape index (κ1) is 19.1. The molecule has 27 heavy (non-hydrogen) atoms. The molecule has 0 bridgehead atoms. The van der Waals surface area contributed by atoms with Crippen molar-refractivity contribution in [2.24, 2.45) is 0 Å². The molecule has 0 spiro atoms. The summed E-state index contributed by atoms with van der Waals surface area (Å²) in [6.45, 7) is 1.44. The minimum Gasteiger partial charge on any atom is -0.482 e. The van der Waals surface area contributed by atoms with Crippen molar-refractivity contribution in [3.63, 3.8) is 0 Å². The van der Waals surface area contributed by atoms with E-state index in [9.17, 15) is 9.18 Å². The second-order valence-corrected chi connectivity index (χ2v) is 6.46. The van der Waals surface area contributed by atoms with Gasteiger partial charge in [-0.2, -0.15) is 4.98 Å². The molecular formula is C18H14Cl2FN3O3. The third kappa shape index (κ3) is 4.96. The third-order valence-corrected chi connectivity index (χ3v) is 4.08. The van der Waals surface area contributed by atoms with Crippen LogP contribution in [0.15, 0.2) is 47.0 Å². The van der Waals surface area contributed by atoms with Crippen molar-refractivity contribution in [1.82, 2.24) is 15.5 Å². The molecule has 6 nitrogen and oxygen atoms in total. The molecule has 2 aromatic carbocycles. The summed E-state index contributed by atoms with van der Waals surface area (Å²) in [7, 11) is 0. The molecule has 3 aromatic rings. The Morgan fingerprint density at radius 2 is 2.00 bits per heavy atom. The number of carbonyl (C=O) groups is 1. The molecule has 1 amide bonds. The Balaban J connectivity index is 1.57. The second kappa shape index (κ2) is 8.37. The maximum Gasteiger partial charge on any atom is 0.258 e. The van der Waals surface area contributed by atoms with Crippen molar-refractivity contribution >= 4 is 29.1 Å². The van der Waals surface area contributed by atoms with Crippen molar-refractivity contribution in [2.75, 3.05) is 6.61 Å². The van der Waals surface area contributed by atoms with Crippen molar-refractivity contribution in [1.29, 1.82) is 0 Å². The monoisotopic (exact) mass is 409 g/mol. The first-order valence-corrected chi connectivity index (χ1v) is 8.64. The van der Waals surface area contributed by atoms with E-state index in [0.29, 0.717) is 27.2 Å². The van der Waals surface area contributed by atoms with Gasteiger partial charge in [0.1, 0.15) is 17.6 Å². The lowest BCUT2D eigenvalue weighted by Crippen LogP contribution is -2.31. The summed E-state index contributed by atoms with van der Waals surface area (Å²) in [5, 5.41) is 7.30. The second-order valence-electron chi connectivity index (χ2n) is 5.62. The van der Waals surface area contributed by atoms with Gasteiger partial charge < -0.3 is 14.6 Å². The Morgan fingerprint density at radius 3 is 2.70 bits per heavy atom. The van der Waals surface area contributed by atoms with E-state index in [0.717, 1.165) is 0 Å². The van der Waals surface area contributed by atoms with E-state index in [2.05, 4.69) is 15.5 Å². The Bertz CT molecular complexity index is 947. The zero-order valence-corrected chi connectivity index (χ0v) is 15.6. The molecule has 0 aliphatic rings. The van der Waals surface area contributed by atoms with Crippen LogP contribution < -0.4 is 10.1 Å². The van der Waals surface area contributed by atoms with Gasteiger partial charge in [0.25, 0.3) is 5.91 Å². The average Bonchev–Trinajstić information content (AvgIpc) is 3.12. The number of hydrogen-bond acceptors (Lipinski definition) is 5. The van der Waals surface area contributed by atoms with Crippen molar-refractivity contribution in [2.45, 2.75) is 13.0 Å². The van der Waals surface area contributed by atoms with Crippen LogP contribution >= 0.6 is 23.2 Å². The van der Waals surface area contributed by atoms with Gasteiger partial charge >= 0.3 is 0 Å². The van der Waals surface area contributed by atoms with Crippen LogP contribution in [0, 0.1) is 5.82 Å². The maximum atomic E-state index is 13.0. The Hall–Kier alpha value is -2.64. The zero-order valence-electron chi connectivity index (χ0n) is 14.1. The number of carbonyl (C=O) groups excluding carboxylic acids is 1. The van der Waals surface area contributed by atoms with Gasteiger partial charge in [0.05, 0.1) is 5.02 Å². The molecule has 9 heteroatoms. The van der Waals surface area contributed by atoms with Crippen LogP contribution in [0.2, 0.25) is 10.0 Å². The molecule has 3 rings (SSSR count). The molecule has 1 unspecified atom stereocenters. The van der Waals surface area contributed by atoms with Crippen LogP contribution in [0.5, 0.6) is 5.75 Å². The standard InChI is InChI=1S/C18H14Cl2FN3O3/c1-10(18-23-17(24-27-18)11-2-5-13(21)6-3-11)22-16(25)9-26-15-7-4-12(19)8-14(15)20/h2-8,10H,9H2,1H3,(H,22,25). The summed E-state index contributed by atoms with van der Waals surface area (Å²) in [5.74, 6) is 0.113. The van der Waals surface area contributed by atoms with Crippen LogP contribution in [0.3, 0.4) is 0 Å². The number of aromatic nitrogens is 2. The van der Waals surface area contributed by atoms with Crippen LogP contribution in [0.25, 0.3) is 11.4 Å². The van der Waals surface area contributed by atoms with E-state index < -0.39 is 11.9 Å². The highest BCUT2D eigenvalue weighted by molar-refractivity contribution is 6.35. The topological polar surface area (TPSA) is 77.2 Å². The van der Waals surface area contributed by atoms with Crippen molar-refractivity contribution < 1.29 is 18.4 Å². The summed E-state index contributed by atoms with van der Waals surface area (Å²) in [6.07, 6.45) is 0. The molecular weight excluding hydrogens is 396 g/mol. The van der Waals surface area contributed by atoms with Gasteiger partial charge in [-0.1, -0.05) is 28.4 Å². The van der Waals surface area contributed by atoms with Gasteiger partial charge in [0, 0.05) is 10.6 Å². The van der Waals surface area contributed by atoms with Gasteiger partial charge in [-0.05, 0) is 49.4 Å². The zero-order chi connectivity index (χ0) is 19.4. The molecule has 1 N–H and O–H groups in total. The van der Waals surface area contributed by atoms with Crippen molar-refractivity contribution in [3.05, 3.63) is 64.2 Å². The molecule has 1 atom stereocenters. The van der Waals surface area contributed by atoms with E-state index in [4.69, 9.17) is 32.5 Å². The molecule has 0 fully saturated rings. The highest BCUT2D eigenvalue weighted by Gasteiger charge is 2.18. The molecule has 140 valence electrons. The fraction of sp³-hybridized carbons (Fsp3) is 0.167. The highest BCUT2D eigenvalue weighted by Crippen LogP contribution is 2.27. The molecule has 0 aliphatic heterocycles. The first-order valence-electron chi connectivity index (χ1n) is 7.89. The van der Waals surface area contributed by atoms with Crippen LogP contribution in [0.4, 0.5) is 4.39 Å². The van der Waals surface area contributed by atoms with Gasteiger partial charge in [-0.3, -0.25) is 4.79 Å². The lowest BCUT2D eigenvalue weighted by atomic mass is 10.2. The lowest BCUT2D eigenvalue weighted by Gasteiger charge is -2.11. The number of halogens is 3. The number of hydrogen-bond donors (Lipinski definition) is 1. The smallest absolute Gasteiger partial charge is 0.258 e. The highest BCUT2D eigenvalue weighted by atomic mass is 35.5. The lowest BCUT2D eigenvalue weighted by molar-refractivity contribution is -0.123. The minimum atomic E-state index is -0.538. The van der Waals surface area contributed by atoms with E-state index in [1.54, 1.807) is 19.1 Å². The average molecular weight is 410 g/mol. The van der Waals surface area contributed by atoms with E-state index in [-0.39, 0.29) is 18.3 Å². The maximum absolute atomic E-state index is 13.0. The first-order chi connectivity index (χ1) is 12.9. The van der Waals surface area contributed by atoms with Gasteiger partial charge in [-0.15, -0.1) is 0 Å². The number of rotatable bonds is 6.